The summed E-state index contributed by atoms with van der Waals surface area (Å²) in [6, 6.07) is 7.46. The van der Waals surface area contributed by atoms with Gasteiger partial charge in [-0.2, -0.15) is 4.39 Å². The van der Waals surface area contributed by atoms with Crippen LogP contribution in [0.3, 0.4) is 0 Å². The second-order valence-corrected chi connectivity index (χ2v) is 10.9. The molecular formula is C32H42F2O. The largest absolute Gasteiger partial charge is 0.486 e. The van der Waals surface area contributed by atoms with Crippen LogP contribution in [0.25, 0.3) is 10.8 Å². The van der Waals surface area contributed by atoms with Crippen molar-refractivity contribution >= 4 is 10.8 Å². The molecule has 0 N–H and O–H groups in total. The zero-order chi connectivity index (χ0) is 24.6. The minimum absolute atomic E-state index is 0.0513. The zero-order valence-electron chi connectivity index (χ0n) is 21.4. The average molecular weight is 481 g/mol. The summed E-state index contributed by atoms with van der Waals surface area (Å²) >= 11 is 0. The molecule has 35 heavy (non-hydrogen) atoms. The maximum absolute atomic E-state index is 14.8. The molecule has 2 fully saturated rings. The zero-order valence-corrected chi connectivity index (χ0v) is 21.4. The first-order chi connectivity index (χ1) is 17.1. The van der Waals surface area contributed by atoms with Gasteiger partial charge in [-0.3, -0.25) is 0 Å². The highest BCUT2D eigenvalue weighted by Gasteiger charge is 2.25. The second-order valence-electron chi connectivity index (χ2n) is 10.9. The quantitative estimate of drug-likeness (QED) is 0.307. The minimum atomic E-state index is -0.911. The number of benzene rings is 2. The Hall–Kier alpha value is -2.16. The lowest BCUT2D eigenvalue weighted by molar-refractivity contribution is 0.246. The molecule has 0 spiro atoms. The predicted molar refractivity (Wildman–Crippen MR) is 143 cm³/mol. The number of halogens is 2. The highest BCUT2D eigenvalue weighted by Crippen LogP contribution is 2.41. The lowest BCUT2D eigenvalue weighted by atomic mass is 9.74. The standard InChI is InChI=1S/C32H42F2O/c1-3-5-6-7-23-8-10-24(11-9-23)12-13-25-14-16-26(17-15-25)27-18-19-28-22-30(35-20-4-2)32(34)31(33)29(28)21-27/h4,6-7,18-19,21-26H,2-3,5,8-17,20H2,1H3/b7-6+. The van der Waals surface area contributed by atoms with Gasteiger partial charge in [0.15, 0.2) is 11.6 Å². The molecule has 4 rings (SSSR count). The van der Waals surface area contributed by atoms with E-state index in [-0.39, 0.29) is 12.4 Å². The van der Waals surface area contributed by atoms with Gasteiger partial charge in [0.25, 0.3) is 0 Å². The molecule has 0 aliphatic heterocycles. The molecule has 2 aliphatic carbocycles. The fourth-order valence-corrected chi connectivity index (χ4v) is 6.21. The van der Waals surface area contributed by atoms with Crippen LogP contribution in [0.4, 0.5) is 8.78 Å². The molecular weight excluding hydrogens is 438 g/mol. The molecule has 0 atom stereocenters. The molecule has 0 saturated heterocycles. The van der Waals surface area contributed by atoms with E-state index < -0.39 is 11.6 Å². The van der Waals surface area contributed by atoms with E-state index in [0.717, 1.165) is 36.2 Å². The molecule has 0 bridgehead atoms. The van der Waals surface area contributed by atoms with E-state index in [1.54, 1.807) is 6.07 Å². The third kappa shape index (κ3) is 6.74. The first-order valence-corrected chi connectivity index (χ1v) is 13.9. The van der Waals surface area contributed by atoms with Crippen LogP contribution in [0.1, 0.15) is 95.5 Å². The van der Waals surface area contributed by atoms with E-state index in [1.165, 1.54) is 70.3 Å². The van der Waals surface area contributed by atoms with Crippen LogP contribution in [-0.2, 0) is 0 Å². The van der Waals surface area contributed by atoms with Gasteiger partial charge in [0.2, 0.25) is 5.82 Å². The minimum Gasteiger partial charge on any atom is -0.486 e. The van der Waals surface area contributed by atoms with Crippen LogP contribution in [0.5, 0.6) is 5.75 Å². The number of fused-ring (bicyclic) bond motifs is 1. The first-order valence-electron chi connectivity index (χ1n) is 13.9. The van der Waals surface area contributed by atoms with E-state index in [1.807, 2.05) is 12.1 Å². The van der Waals surface area contributed by atoms with E-state index in [2.05, 4.69) is 31.7 Å². The number of ether oxygens (including phenoxy) is 1. The molecule has 2 aromatic rings. The molecule has 3 heteroatoms. The maximum Gasteiger partial charge on any atom is 0.201 e. The molecule has 1 nitrogen and oxygen atoms in total. The highest BCUT2D eigenvalue weighted by molar-refractivity contribution is 5.85. The van der Waals surface area contributed by atoms with Gasteiger partial charge >= 0.3 is 0 Å². The first kappa shape index (κ1) is 25.9. The summed E-state index contributed by atoms with van der Waals surface area (Å²) in [6.07, 6.45) is 22.0. The van der Waals surface area contributed by atoms with Crippen molar-refractivity contribution in [2.24, 2.45) is 17.8 Å². The Kier molecular flexibility index (Phi) is 9.40. The van der Waals surface area contributed by atoms with Crippen molar-refractivity contribution in [2.45, 2.75) is 89.9 Å². The summed E-state index contributed by atoms with van der Waals surface area (Å²) in [5.41, 5.74) is 1.14. The normalized spacial score (nSPS) is 25.2. The number of rotatable bonds is 10. The van der Waals surface area contributed by atoms with Crippen molar-refractivity contribution in [3.8, 4) is 5.75 Å². The third-order valence-corrected chi connectivity index (χ3v) is 8.42. The molecule has 0 heterocycles. The Bertz CT molecular complexity index is 994. The molecule has 2 aromatic carbocycles. The van der Waals surface area contributed by atoms with E-state index >= 15 is 0 Å². The van der Waals surface area contributed by atoms with Gasteiger partial charge in [-0.15, -0.1) is 0 Å². The van der Waals surface area contributed by atoms with Crippen molar-refractivity contribution in [1.82, 2.24) is 0 Å². The number of allylic oxidation sites excluding steroid dienone is 2. The fraction of sp³-hybridized carbons (Fsp3) is 0.562. The molecule has 0 radical (unpaired) electrons. The fourth-order valence-electron chi connectivity index (χ4n) is 6.21. The van der Waals surface area contributed by atoms with E-state index in [4.69, 9.17) is 4.74 Å². The van der Waals surface area contributed by atoms with Crippen molar-refractivity contribution in [3.05, 3.63) is 66.3 Å². The molecule has 0 unspecified atom stereocenters. The molecule has 2 saturated carbocycles. The van der Waals surface area contributed by atoms with Gasteiger partial charge in [0.1, 0.15) is 6.61 Å². The monoisotopic (exact) mass is 480 g/mol. The summed E-state index contributed by atoms with van der Waals surface area (Å²) < 4.78 is 34.6. The van der Waals surface area contributed by atoms with Crippen LogP contribution in [0.2, 0.25) is 0 Å². The van der Waals surface area contributed by atoms with Gasteiger partial charge < -0.3 is 4.74 Å². The van der Waals surface area contributed by atoms with E-state index in [0.29, 0.717) is 16.7 Å². The summed E-state index contributed by atoms with van der Waals surface area (Å²) in [7, 11) is 0. The van der Waals surface area contributed by atoms with Gasteiger partial charge in [-0.05, 0) is 105 Å². The van der Waals surface area contributed by atoms with Crippen LogP contribution in [0.15, 0.2) is 49.1 Å². The van der Waals surface area contributed by atoms with Crippen LogP contribution in [-0.4, -0.2) is 6.61 Å². The van der Waals surface area contributed by atoms with Crippen molar-refractivity contribution in [3.63, 3.8) is 0 Å². The van der Waals surface area contributed by atoms with Crippen molar-refractivity contribution < 1.29 is 13.5 Å². The van der Waals surface area contributed by atoms with Crippen LogP contribution >= 0.6 is 0 Å². The highest BCUT2D eigenvalue weighted by atomic mass is 19.2. The predicted octanol–water partition coefficient (Wildman–Crippen LogP) is 9.90. The third-order valence-electron chi connectivity index (χ3n) is 8.42. The second kappa shape index (κ2) is 12.7. The average Bonchev–Trinajstić information content (AvgIpc) is 2.90. The Balaban J connectivity index is 1.27. The van der Waals surface area contributed by atoms with Crippen molar-refractivity contribution in [2.75, 3.05) is 6.61 Å². The van der Waals surface area contributed by atoms with E-state index in [9.17, 15) is 8.78 Å². The number of hydrogen-bond donors (Lipinski definition) is 0. The summed E-state index contributed by atoms with van der Waals surface area (Å²) in [4.78, 5) is 0. The van der Waals surface area contributed by atoms with Gasteiger partial charge in [0, 0.05) is 5.39 Å². The van der Waals surface area contributed by atoms with Gasteiger partial charge in [0.05, 0.1) is 0 Å². The number of unbranched alkanes of at least 4 members (excludes halogenated alkanes) is 1. The van der Waals surface area contributed by atoms with Gasteiger partial charge in [-0.25, -0.2) is 4.39 Å². The summed E-state index contributed by atoms with van der Waals surface area (Å²) in [5.74, 6) is 1.23. The smallest absolute Gasteiger partial charge is 0.201 e. The summed E-state index contributed by atoms with van der Waals surface area (Å²) in [6.45, 7) is 5.96. The Morgan fingerprint density at radius 3 is 2.26 bits per heavy atom. The summed E-state index contributed by atoms with van der Waals surface area (Å²) in [5, 5.41) is 1.03. The van der Waals surface area contributed by atoms with Crippen molar-refractivity contribution in [1.29, 1.82) is 0 Å². The van der Waals surface area contributed by atoms with Crippen LogP contribution in [0, 0.1) is 29.4 Å². The van der Waals surface area contributed by atoms with Crippen LogP contribution < -0.4 is 4.74 Å². The molecule has 0 aromatic heterocycles. The molecule has 0 amide bonds. The van der Waals surface area contributed by atoms with Gasteiger partial charge in [-0.1, -0.05) is 63.1 Å². The molecule has 2 aliphatic rings. The SMILES string of the molecule is C=CCOc1cc2ccc(C3CCC(CCC4CCC(/C=C/CCC)CC4)CC3)cc2c(F)c1F. The Morgan fingerprint density at radius 1 is 0.914 bits per heavy atom. The lowest BCUT2D eigenvalue weighted by Gasteiger charge is -2.31. The maximum atomic E-state index is 14.8. The number of hydrogen-bond acceptors (Lipinski definition) is 1. The lowest BCUT2D eigenvalue weighted by Crippen LogP contribution is -2.17. The Morgan fingerprint density at radius 2 is 1.60 bits per heavy atom. The Labute approximate surface area is 210 Å². The topological polar surface area (TPSA) is 9.23 Å². The molecule has 190 valence electrons.